The number of alkyl halides is 1. The number of halogens is 1. The van der Waals surface area contributed by atoms with E-state index in [-0.39, 0.29) is 5.92 Å². The number of nitrogens with one attached hydrogen (secondary N) is 1. The molecule has 0 bridgehead atoms. The molecule has 0 amide bonds. The fourth-order valence-electron chi connectivity index (χ4n) is 2.53. The highest BCUT2D eigenvalue weighted by Gasteiger charge is 2.36. The third kappa shape index (κ3) is 2.62. The second-order valence-electron chi connectivity index (χ2n) is 5.13. The molecule has 0 saturated carbocycles. The Kier molecular flexibility index (Phi) is 3.29. The van der Waals surface area contributed by atoms with Gasteiger partial charge in [-0.05, 0) is 32.4 Å². The fraction of sp³-hybridized carbons (Fsp3) is 0.571. The zero-order chi connectivity index (χ0) is 11.6. The summed E-state index contributed by atoms with van der Waals surface area (Å²) >= 11 is 0. The smallest absolute Gasteiger partial charge is 0.116 e. The summed E-state index contributed by atoms with van der Waals surface area (Å²) in [5.41, 5.74) is 1.23. The van der Waals surface area contributed by atoms with Crippen molar-refractivity contribution in [2.45, 2.75) is 32.4 Å². The molecule has 1 saturated heterocycles. The largest absolute Gasteiger partial charge is 0.316 e. The maximum atomic E-state index is 14.6. The van der Waals surface area contributed by atoms with Gasteiger partial charge in [-0.3, -0.25) is 0 Å². The molecule has 0 spiro atoms. The van der Waals surface area contributed by atoms with Crippen LogP contribution < -0.4 is 5.32 Å². The van der Waals surface area contributed by atoms with Gasteiger partial charge in [-0.1, -0.05) is 29.8 Å². The number of hydrogen-bond donors (Lipinski definition) is 1. The zero-order valence-corrected chi connectivity index (χ0v) is 10.1. The van der Waals surface area contributed by atoms with E-state index in [1.54, 1.807) is 6.92 Å². The van der Waals surface area contributed by atoms with E-state index in [0.29, 0.717) is 6.42 Å². The molecule has 0 aliphatic carbocycles. The van der Waals surface area contributed by atoms with Crippen molar-refractivity contribution in [1.29, 1.82) is 0 Å². The molecule has 1 aromatic carbocycles. The third-order valence-corrected chi connectivity index (χ3v) is 3.54. The fourth-order valence-corrected chi connectivity index (χ4v) is 2.53. The molecule has 2 atom stereocenters. The molecule has 0 aromatic heterocycles. The summed E-state index contributed by atoms with van der Waals surface area (Å²) in [4.78, 5) is 0. The molecule has 2 heteroatoms. The van der Waals surface area contributed by atoms with Gasteiger partial charge in [0, 0.05) is 18.9 Å². The lowest BCUT2D eigenvalue weighted by molar-refractivity contribution is 0.113. The molecular weight excluding hydrogens is 201 g/mol. The highest BCUT2D eigenvalue weighted by molar-refractivity contribution is 5.23. The van der Waals surface area contributed by atoms with E-state index in [1.165, 1.54) is 5.56 Å². The summed E-state index contributed by atoms with van der Waals surface area (Å²) in [6, 6.07) is 8.16. The standard InChI is InChI=1S/C14H20FN/c1-11-4-3-5-12(8-11)9-14(2,15)13-6-7-16-10-13/h3-5,8,13,16H,6-7,9-10H2,1-2H3. The zero-order valence-electron chi connectivity index (χ0n) is 10.1. The van der Waals surface area contributed by atoms with Crippen LogP contribution in [-0.2, 0) is 6.42 Å². The average Bonchev–Trinajstić information content (AvgIpc) is 2.69. The van der Waals surface area contributed by atoms with Gasteiger partial charge in [-0.25, -0.2) is 4.39 Å². The van der Waals surface area contributed by atoms with Crippen molar-refractivity contribution in [2.24, 2.45) is 5.92 Å². The van der Waals surface area contributed by atoms with Crippen LogP contribution in [0.15, 0.2) is 24.3 Å². The van der Waals surface area contributed by atoms with Crippen molar-refractivity contribution in [3.63, 3.8) is 0 Å². The van der Waals surface area contributed by atoms with Gasteiger partial charge >= 0.3 is 0 Å². The topological polar surface area (TPSA) is 12.0 Å². The van der Waals surface area contributed by atoms with E-state index in [9.17, 15) is 4.39 Å². The van der Waals surface area contributed by atoms with E-state index >= 15 is 0 Å². The summed E-state index contributed by atoms with van der Waals surface area (Å²) in [5, 5.41) is 3.24. The van der Waals surface area contributed by atoms with E-state index in [1.807, 2.05) is 12.1 Å². The Balaban J connectivity index is 2.07. The van der Waals surface area contributed by atoms with Gasteiger partial charge in [0.1, 0.15) is 5.67 Å². The Morgan fingerprint density at radius 3 is 2.94 bits per heavy atom. The molecule has 1 aliphatic heterocycles. The van der Waals surface area contributed by atoms with Crippen molar-refractivity contribution < 1.29 is 4.39 Å². The van der Waals surface area contributed by atoms with Gasteiger partial charge < -0.3 is 5.32 Å². The van der Waals surface area contributed by atoms with Crippen LogP contribution in [0.25, 0.3) is 0 Å². The molecule has 16 heavy (non-hydrogen) atoms. The van der Waals surface area contributed by atoms with Crippen LogP contribution in [0.5, 0.6) is 0 Å². The molecule has 2 rings (SSSR count). The lowest BCUT2D eigenvalue weighted by Crippen LogP contribution is -2.33. The molecule has 1 N–H and O–H groups in total. The first-order valence-electron chi connectivity index (χ1n) is 6.03. The number of benzene rings is 1. The van der Waals surface area contributed by atoms with Crippen molar-refractivity contribution >= 4 is 0 Å². The molecule has 1 fully saturated rings. The molecule has 1 heterocycles. The summed E-state index contributed by atoms with van der Waals surface area (Å²) in [6.45, 7) is 5.57. The Hall–Kier alpha value is -0.890. The number of hydrogen-bond acceptors (Lipinski definition) is 1. The van der Waals surface area contributed by atoms with Crippen LogP contribution in [0.2, 0.25) is 0 Å². The summed E-state index contributed by atoms with van der Waals surface area (Å²) in [7, 11) is 0. The number of rotatable bonds is 3. The molecular formula is C14H20FN. The Bertz CT molecular complexity index is 354. The minimum Gasteiger partial charge on any atom is -0.316 e. The molecule has 1 nitrogen and oxygen atoms in total. The van der Waals surface area contributed by atoms with Gasteiger partial charge in [0.2, 0.25) is 0 Å². The first-order valence-corrected chi connectivity index (χ1v) is 6.03. The summed E-state index contributed by atoms with van der Waals surface area (Å²) < 4.78 is 14.6. The summed E-state index contributed by atoms with van der Waals surface area (Å²) in [6.07, 6.45) is 1.49. The Morgan fingerprint density at radius 1 is 1.50 bits per heavy atom. The van der Waals surface area contributed by atoms with Crippen molar-refractivity contribution in [3.05, 3.63) is 35.4 Å². The SMILES string of the molecule is Cc1cccc(CC(C)(F)C2CCNC2)c1. The highest BCUT2D eigenvalue weighted by atomic mass is 19.1. The van der Waals surface area contributed by atoms with Gasteiger partial charge in [-0.2, -0.15) is 0 Å². The van der Waals surface area contributed by atoms with E-state index in [2.05, 4.69) is 24.4 Å². The quantitative estimate of drug-likeness (QED) is 0.827. The maximum absolute atomic E-state index is 14.6. The monoisotopic (exact) mass is 221 g/mol. The van der Waals surface area contributed by atoms with Crippen LogP contribution in [0.4, 0.5) is 4.39 Å². The van der Waals surface area contributed by atoms with E-state index in [4.69, 9.17) is 0 Å². The predicted octanol–water partition coefficient (Wildman–Crippen LogP) is 2.88. The summed E-state index contributed by atoms with van der Waals surface area (Å²) in [5.74, 6) is 0.160. The van der Waals surface area contributed by atoms with Crippen LogP contribution in [0, 0.1) is 12.8 Å². The minimum atomic E-state index is -1.09. The van der Waals surface area contributed by atoms with Crippen LogP contribution in [0.1, 0.15) is 24.5 Å². The molecule has 2 unspecified atom stereocenters. The lowest BCUT2D eigenvalue weighted by atomic mass is 9.84. The lowest BCUT2D eigenvalue weighted by Gasteiger charge is -2.27. The number of aryl methyl sites for hydroxylation is 1. The average molecular weight is 221 g/mol. The van der Waals surface area contributed by atoms with Crippen LogP contribution in [-0.4, -0.2) is 18.8 Å². The van der Waals surface area contributed by atoms with Gasteiger partial charge in [-0.15, -0.1) is 0 Å². The predicted molar refractivity (Wildman–Crippen MR) is 65.4 cm³/mol. The van der Waals surface area contributed by atoms with Gasteiger partial charge in [0.15, 0.2) is 0 Å². The maximum Gasteiger partial charge on any atom is 0.116 e. The van der Waals surface area contributed by atoms with Crippen molar-refractivity contribution in [3.8, 4) is 0 Å². The van der Waals surface area contributed by atoms with Crippen molar-refractivity contribution in [1.82, 2.24) is 5.32 Å². The van der Waals surface area contributed by atoms with Crippen LogP contribution >= 0.6 is 0 Å². The normalized spacial score (nSPS) is 24.3. The third-order valence-electron chi connectivity index (χ3n) is 3.54. The van der Waals surface area contributed by atoms with Gasteiger partial charge in [0.05, 0.1) is 0 Å². The van der Waals surface area contributed by atoms with Crippen molar-refractivity contribution in [2.75, 3.05) is 13.1 Å². The Labute approximate surface area is 97.1 Å². The second-order valence-corrected chi connectivity index (χ2v) is 5.13. The van der Waals surface area contributed by atoms with E-state index < -0.39 is 5.67 Å². The van der Waals surface area contributed by atoms with Gasteiger partial charge in [0.25, 0.3) is 0 Å². The van der Waals surface area contributed by atoms with Crippen LogP contribution in [0.3, 0.4) is 0 Å². The first-order chi connectivity index (χ1) is 7.58. The first kappa shape index (κ1) is 11.6. The minimum absolute atomic E-state index is 0.160. The molecule has 88 valence electrons. The van der Waals surface area contributed by atoms with E-state index in [0.717, 1.165) is 25.1 Å². The molecule has 1 aromatic rings. The highest BCUT2D eigenvalue weighted by Crippen LogP contribution is 2.30. The second kappa shape index (κ2) is 4.54. The Morgan fingerprint density at radius 2 is 2.31 bits per heavy atom. The molecule has 0 radical (unpaired) electrons. The molecule has 1 aliphatic rings.